The maximum atomic E-state index is 10.7. The second-order valence-corrected chi connectivity index (χ2v) is 4.49. The normalized spacial score (nSPS) is 16.2. The van der Waals surface area contributed by atoms with E-state index in [4.69, 9.17) is 9.84 Å². The molecule has 1 aliphatic heterocycles. The van der Waals surface area contributed by atoms with Crippen LogP contribution in [-0.4, -0.2) is 16.2 Å². The molecule has 0 saturated heterocycles. The molecule has 4 nitrogen and oxygen atoms in total. The molecule has 2 N–H and O–H groups in total. The summed E-state index contributed by atoms with van der Waals surface area (Å²) in [5, 5.41) is 19.1. The predicted octanol–water partition coefficient (Wildman–Crippen LogP) is 2.50. The maximum Gasteiger partial charge on any atom is 0.307 e. The number of carboxylic acid groups (broad SMARTS) is 1. The Bertz CT molecular complexity index is 648. The lowest BCUT2D eigenvalue weighted by molar-refractivity contribution is -0.136. The van der Waals surface area contributed by atoms with E-state index in [2.05, 4.69) is 0 Å². The molecule has 1 aliphatic rings. The third-order valence-electron chi connectivity index (χ3n) is 3.16. The number of rotatable bonds is 2. The van der Waals surface area contributed by atoms with Crippen molar-refractivity contribution in [2.45, 2.75) is 12.5 Å². The summed E-state index contributed by atoms with van der Waals surface area (Å²) in [6.07, 6.45) is -0.851. The first-order valence-corrected chi connectivity index (χ1v) is 5.94. The fourth-order valence-electron chi connectivity index (χ4n) is 2.27. The lowest BCUT2D eigenvalue weighted by Gasteiger charge is -2.25. The van der Waals surface area contributed by atoms with Crippen LogP contribution < -0.4 is 4.74 Å². The molecule has 0 amide bonds. The van der Waals surface area contributed by atoms with Crippen LogP contribution in [0.25, 0.3) is 0 Å². The Kier molecular flexibility index (Phi) is 2.72. The van der Waals surface area contributed by atoms with Gasteiger partial charge in [0.15, 0.2) is 0 Å². The summed E-state index contributed by atoms with van der Waals surface area (Å²) >= 11 is 0. The number of carboxylic acids is 1. The molecular formula is C15H12O4. The van der Waals surface area contributed by atoms with Crippen molar-refractivity contribution < 1.29 is 19.7 Å². The third kappa shape index (κ3) is 2.06. The fourth-order valence-corrected chi connectivity index (χ4v) is 2.27. The van der Waals surface area contributed by atoms with Crippen molar-refractivity contribution in [3.05, 3.63) is 59.2 Å². The Morgan fingerprint density at radius 3 is 2.63 bits per heavy atom. The van der Waals surface area contributed by atoms with Crippen molar-refractivity contribution in [2.24, 2.45) is 0 Å². The molecule has 0 aliphatic carbocycles. The minimum atomic E-state index is -0.897. The first-order valence-electron chi connectivity index (χ1n) is 5.94. The first-order chi connectivity index (χ1) is 9.15. The predicted molar refractivity (Wildman–Crippen MR) is 68.4 cm³/mol. The number of ether oxygens (including phenoxy) is 1. The molecule has 4 heteroatoms. The standard InChI is InChI=1S/C15H12O4/c16-14(17)8-9-5-6-13-11(7-9)15(18)10-3-1-2-4-12(10)19-13/h1-7,15,18H,8H2,(H,16,17). The molecule has 0 radical (unpaired) electrons. The zero-order valence-electron chi connectivity index (χ0n) is 10.0. The number of hydrogen-bond acceptors (Lipinski definition) is 3. The second kappa shape index (κ2) is 4.40. The summed E-state index contributed by atoms with van der Waals surface area (Å²) in [6.45, 7) is 0. The highest BCUT2D eigenvalue weighted by Gasteiger charge is 2.25. The summed E-state index contributed by atoms with van der Waals surface area (Å²) in [6, 6.07) is 12.4. The molecule has 1 heterocycles. The van der Waals surface area contributed by atoms with Crippen LogP contribution in [0.1, 0.15) is 22.8 Å². The molecule has 0 saturated carbocycles. The molecule has 2 aromatic carbocycles. The molecule has 2 aromatic rings. The molecule has 1 atom stereocenters. The van der Waals surface area contributed by atoms with Crippen molar-refractivity contribution in [1.29, 1.82) is 0 Å². The average Bonchev–Trinajstić information content (AvgIpc) is 2.39. The SMILES string of the molecule is O=C(O)Cc1ccc2c(c1)C(O)c1ccccc1O2. The molecule has 19 heavy (non-hydrogen) atoms. The molecule has 0 fully saturated rings. The molecule has 0 bridgehead atoms. The summed E-state index contributed by atoms with van der Waals surface area (Å²) in [5.41, 5.74) is 1.95. The lowest BCUT2D eigenvalue weighted by Crippen LogP contribution is -2.10. The molecule has 0 spiro atoms. The van der Waals surface area contributed by atoms with Gasteiger partial charge >= 0.3 is 5.97 Å². The van der Waals surface area contributed by atoms with Gasteiger partial charge in [0.25, 0.3) is 0 Å². The highest BCUT2D eigenvalue weighted by Crippen LogP contribution is 2.42. The summed E-state index contributed by atoms with van der Waals surface area (Å²) in [7, 11) is 0. The van der Waals surface area contributed by atoms with E-state index in [1.807, 2.05) is 12.1 Å². The van der Waals surface area contributed by atoms with Crippen molar-refractivity contribution in [3.63, 3.8) is 0 Å². The smallest absolute Gasteiger partial charge is 0.307 e. The van der Waals surface area contributed by atoms with Gasteiger partial charge in [0.1, 0.15) is 17.6 Å². The van der Waals surface area contributed by atoms with Gasteiger partial charge < -0.3 is 14.9 Å². The first kappa shape index (κ1) is 11.7. The van der Waals surface area contributed by atoms with Crippen LogP contribution in [0, 0.1) is 0 Å². The van der Waals surface area contributed by atoms with Gasteiger partial charge in [-0.25, -0.2) is 0 Å². The average molecular weight is 256 g/mol. The van der Waals surface area contributed by atoms with Crippen LogP contribution in [0.2, 0.25) is 0 Å². The number of fused-ring (bicyclic) bond motifs is 2. The number of hydrogen-bond donors (Lipinski definition) is 2. The number of aliphatic carboxylic acids is 1. The van der Waals surface area contributed by atoms with Crippen LogP contribution in [0.5, 0.6) is 11.5 Å². The van der Waals surface area contributed by atoms with E-state index >= 15 is 0 Å². The van der Waals surface area contributed by atoms with Gasteiger partial charge in [-0.1, -0.05) is 24.3 Å². The van der Waals surface area contributed by atoms with Gasteiger partial charge in [0, 0.05) is 11.1 Å². The minimum absolute atomic E-state index is 0.0678. The van der Waals surface area contributed by atoms with Gasteiger partial charge in [-0.2, -0.15) is 0 Å². The fraction of sp³-hybridized carbons (Fsp3) is 0.133. The Hall–Kier alpha value is -2.33. The molecular weight excluding hydrogens is 244 g/mol. The van der Waals surface area contributed by atoms with Gasteiger partial charge in [-0.05, 0) is 23.8 Å². The number of carbonyl (C=O) groups is 1. The van der Waals surface area contributed by atoms with Gasteiger partial charge in [0.05, 0.1) is 6.42 Å². The van der Waals surface area contributed by atoms with Crippen LogP contribution >= 0.6 is 0 Å². The van der Waals surface area contributed by atoms with E-state index in [1.165, 1.54) is 0 Å². The van der Waals surface area contributed by atoms with E-state index < -0.39 is 12.1 Å². The topological polar surface area (TPSA) is 66.8 Å². The molecule has 96 valence electrons. The quantitative estimate of drug-likeness (QED) is 0.866. The second-order valence-electron chi connectivity index (χ2n) is 4.49. The van der Waals surface area contributed by atoms with E-state index in [9.17, 15) is 9.90 Å². The number of para-hydroxylation sites is 1. The molecule has 3 rings (SSSR count). The van der Waals surface area contributed by atoms with Crippen molar-refractivity contribution in [3.8, 4) is 11.5 Å². The van der Waals surface area contributed by atoms with Crippen LogP contribution in [0.4, 0.5) is 0 Å². The van der Waals surface area contributed by atoms with Gasteiger partial charge in [0.2, 0.25) is 0 Å². The zero-order chi connectivity index (χ0) is 13.4. The highest BCUT2D eigenvalue weighted by molar-refractivity contribution is 5.70. The van der Waals surface area contributed by atoms with E-state index in [-0.39, 0.29) is 6.42 Å². The highest BCUT2D eigenvalue weighted by atomic mass is 16.5. The zero-order valence-corrected chi connectivity index (χ0v) is 10.0. The Labute approximate surface area is 109 Å². The minimum Gasteiger partial charge on any atom is -0.481 e. The van der Waals surface area contributed by atoms with Crippen molar-refractivity contribution in [2.75, 3.05) is 0 Å². The Balaban J connectivity index is 2.03. The van der Waals surface area contributed by atoms with Crippen molar-refractivity contribution >= 4 is 5.97 Å². The summed E-state index contributed by atoms with van der Waals surface area (Å²) in [4.78, 5) is 10.7. The van der Waals surface area contributed by atoms with E-state index in [0.717, 1.165) is 0 Å². The third-order valence-corrected chi connectivity index (χ3v) is 3.16. The number of aliphatic hydroxyl groups excluding tert-OH is 1. The molecule has 1 unspecified atom stereocenters. The molecule has 0 aromatic heterocycles. The monoisotopic (exact) mass is 256 g/mol. The summed E-state index contributed by atoms with van der Waals surface area (Å²) in [5.74, 6) is 0.306. The number of aliphatic hydroxyl groups is 1. The maximum absolute atomic E-state index is 10.7. The van der Waals surface area contributed by atoms with E-state index in [0.29, 0.717) is 28.2 Å². The van der Waals surface area contributed by atoms with Crippen LogP contribution in [0.3, 0.4) is 0 Å². The number of benzene rings is 2. The van der Waals surface area contributed by atoms with Crippen LogP contribution in [-0.2, 0) is 11.2 Å². The van der Waals surface area contributed by atoms with Crippen LogP contribution in [0.15, 0.2) is 42.5 Å². The lowest BCUT2D eigenvalue weighted by atomic mass is 9.95. The van der Waals surface area contributed by atoms with Gasteiger partial charge in [-0.3, -0.25) is 4.79 Å². The largest absolute Gasteiger partial charge is 0.481 e. The Morgan fingerprint density at radius 1 is 1.11 bits per heavy atom. The van der Waals surface area contributed by atoms with Crippen molar-refractivity contribution in [1.82, 2.24) is 0 Å². The Morgan fingerprint density at radius 2 is 1.84 bits per heavy atom. The summed E-state index contributed by atoms with van der Waals surface area (Å²) < 4.78 is 5.70. The van der Waals surface area contributed by atoms with Gasteiger partial charge in [-0.15, -0.1) is 0 Å². The van der Waals surface area contributed by atoms with E-state index in [1.54, 1.807) is 30.3 Å².